The molecule has 126 valence electrons. The van der Waals surface area contributed by atoms with Crippen LogP contribution in [0.2, 0.25) is 0 Å². The van der Waals surface area contributed by atoms with Crippen LogP contribution in [0.25, 0.3) is 0 Å². The molecule has 1 fully saturated rings. The number of ether oxygens (including phenoxy) is 2. The Morgan fingerprint density at radius 1 is 1.48 bits per heavy atom. The predicted octanol–water partition coefficient (Wildman–Crippen LogP) is 2.39. The lowest BCUT2D eigenvalue weighted by molar-refractivity contribution is -0.307. The monoisotopic (exact) mass is 322 g/mol. The summed E-state index contributed by atoms with van der Waals surface area (Å²) in [5.74, 6) is -1.17. The molecule has 3 rings (SSSR count). The van der Waals surface area contributed by atoms with E-state index >= 15 is 0 Å². The Hall–Kier alpha value is -1.66. The first-order valence-electron chi connectivity index (χ1n) is 7.91. The standard InChI is InChI=1S/C17H22O6/c1-8-7-12(21-10(3)18)13-9(2)16(19)22-15(13)14-11(8)5-6-17(14,4)23-20/h8,12-13,15,20H,2,5-7H2,1,3-4H3. The second kappa shape index (κ2) is 5.46. The Labute approximate surface area is 135 Å². The number of rotatable bonds is 2. The average molecular weight is 322 g/mol. The number of carbonyl (C=O) groups is 2. The molecule has 0 spiro atoms. The number of hydrogen-bond acceptors (Lipinski definition) is 6. The van der Waals surface area contributed by atoms with E-state index in [1.807, 2.05) is 0 Å². The minimum atomic E-state index is -0.886. The Morgan fingerprint density at radius 3 is 2.78 bits per heavy atom. The van der Waals surface area contributed by atoms with Crippen molar-refractivity contribution >= 4 is 11.9 Å². The van der Waals surface area contributed by atoms with Gasteiger partial charge in [0.25, 0.3) is 0 Å². The minimum absolute atomic E-state index is 0.142. The zero-order valence-corrected chi connectivity index (χ0v) is 13.6. The quantitative estimate of drug-likeness (QED) is 0.276. The Kier molecular flexibility index (Phi) is 3.84. The third-order valence-corrected chi connectivity index (χ3v) is 5.40. The fourth-order valence-electron chi connectivity index (χ4n) is 4.29. The van der Waals surface area contributed by atoms with E-state index < -0.39 is 35.7 Å². The van der Waals surface area contributed by atoms with Gasteiger partial charge in [0.2, 0.25) is 0 Å². The van der Waals surface area contributed by atoms with Crippen LogP contribution in [0.5, 0.6) is 0 Å². The Bertz CT molecular complexity index is 606. The molecule has 1 heterocycles. The van der Waals surface area contributed by atoms with Crippen molar-refractivity contribution in [3.63, 3.8) is 0 Å². The van der Waals surface area contributed by atoms with Gasteiger partial charge in [-0.15, -0.1) is 0 Å². The highest BCUT2D eigenvalue weighted by atomic mass is 17.1. The molecule has 5 atom stereocenters. The maximum absolute atomic E-state index is 12.1. The van der Waals surface area contributed by atoms with E-state index in [2.05, 4.69) is 13.5 Å². The zero-order valence-electron chi connectivity index (χ0n) is 13.6. The summed E-state index contributed by atoms with van der Waals surface area (Å²) in [5, 5.41) is 9.42. The van der Waals surface area contributed by atoms with Gasteiger partial charge in [0.1, 0.15) is 17.8 Å². The number of carbonyl (C=O) groups excluding carboxylic acids is 2. The van der Waals surface area contributed by atoms with Crippen molar-refractivity contribution in [1.29, 1.82) is 0 Å². The van der Waals surface area contributed by atoms with Gasteiger partial charge in [0, 0.05) is 18.1 Å². The van der Waals surface area contributed by atoms with Crippen molar-refractivity contribution in [2.75, 3.05) is 0 Å². The van der Waals surface area contributed by atoms with E-state index in [1.54, 1.807) is 6.92 Å². The van der Waals surface area contributed by atoms with Crippen LogP contribution in [0, 0.1) is 11.8 Å². The summed E-state index contributed by atoms with van der Waals surface area (Å²) in [5.41, 5.74) is 1.35. The summed E-state index contributed by atoms with van der Waals surface area (Å²) in [6, 6.07) is 0. The van der Waals surface area contributed by atoms with E-state index in [0.29, 0.717) is 18.4 Å². The van der Waals surface area contributed by atoms with Crippen molar-refractivity contribution in [1.82, 2.24) is 0 Å². The van der Waals surface area contributed by atoms with Crippen molar-refractivity contribution in [3.05, 3.63) is 23.3 Å². The fourth-order valence-corrected chi connectivity index (χ4v) is 4.29. The van der Waals surface area contributed by atoms with E-state index in [-0.39, 0.29) is 5.92 Å². The molecule has 3 aliphatic rings. The van der Waals surface area contributed by atoms with Gasteiger partial charge in [0.05, 0.1) is 5.92 Å². The summed E-state index contributed by atoms with van der Waals surface area (Å²) in [6.07, 6.45) is 0.910. The van der Waals surface area contributed by atoms with Gasteiger partial charge < -0.3 is 9.47 Å². The molecule has 0 aromatic carbocycles. The maximum atomic E-state index is 12.1. The van der Waals surface area contributed by atoms with Crippen LogP contribution in [0.3, 0.4) is 0 Å². The van der Waals surface area contributed by atoms with Gasteiger partial charge in [-0.05, 0) is 32.1 Å². The summed E-state index contributed by atoms with van der Waals surface area (Å²) in [4.78, 5) is 28.3. The van der Waals surface area contributed by atoms with Crippen LogP contribution in [-0.4, -0.2) is 35.0 Å². The molecule has 6 heteroatoms. The molecule has 0 aromatic heterocycles. The summed E-state index contributed by atoms with van der Waals surface area (Å²) in [6.45, 7) is 9.04. The molecule has 2 aliphatic carbocycles. The van der Waals surface area contributed by atoms with Crippen LogP contribution in [-0.2, 0) is 24.0 Å². The van der Waals surface area contributed by atoms with Gasteiger partial charge in [-0.1, -0.05) is 19.1 Å². The molecule has 0 saturated carbocycles. The highest BCUT2D eigenvalue weighted by Crippen LogP contribution is 2.52. The molecular formula is C17H22O6. The van der Waals surface area contributed by atoms with Crippen LogP contribution >= 0.6 is 0 Å². The third-order valence-electron chi connectivity index (χ3n) is 5.40. The summed E-state index contributed by atoms with van der Waals surface area (Å²) in [7, 11) is 0. The van der Waals surface area contributed by atoms with Gasteiger partial charge >= 0.3 is 11.9 Å². The Balaban J connectivity index is 2.09. The molecule has 23 heavy (non-hydrogen) atoms. The largest absolute Gasteiger partial charge is 0.462 e. The molecule has 0 radical (unpaired) electrons. The molecular weight excluding hydrogens is 300 g/mol. The first-order valence-corrected chi connectivity index (χ1v) is 7.91. The number of hydrogen-bond donors (Lipinski definition) is 1. The SMILES string of the molecule is C=C1C(=O)OC2C3=C(CCC3(C)OO)C(C)CC(OC(C)=O)C12. The molecule has 1 N–H and O–H groups in total. The highest BCUT2D eigenvalue weighted by molar-refractivity contribution is 5.91. The zero-order chi connectivity index (χ0) is 16.9. The van der Waals surface area contributed by atoms with Crippen LogP contribution in [0.1, 0.15) is 40.0 Å². The normalized spacial score (nSPS) is 39.7. The van der Waals surface area contributed by atoms with Crippen LogP contribution in [0.15, 0.2) is 23.3 Å². The van der Waals surface area contributed by atoms with Gasteiger partial charge in [0.15, 0.2) is 0 Å². The summed E-state index contributed by atoms with van der Waals surface area (Å²) < 4.78 is 11.0. The van der Waals surface area contributed by atoms with Gasteiger partial charge in [-0.2, -0.15) is 0 Å². The highest BCUT2D eigenvalue weighted by Gasteiger charge is 2.56. The maximum Gasteiger partial charge on any atom is 0.334 e. The smallest absolute Gasteiger partial charge is 0.334 e. The predicted molar refractivity (Wildman–Crippen MR) is 80.2 cm³/mol. The fraction of sp³-hybridized carbons (Fsp3) is 0.647. The van der Waals surface area contributed by atoms with Gasteiger partial charge in [-0.25, -0.2) is 9.68 Å². The van der Waals surface area contributed by atoms with E-state index in [1.165, 1.54) is 6.92 Å². The van der Waals surface area contributed by atoms with Gasteiger partial charge in [-0.3, -0.25) is 10.1 Å². The second-order valence-electron chi connectivity index (χ2n) is 6.92. The van der Waals surface area contributed by atoms with Crippen molar-refractivity contribution in [2.24, 2.45) is 11.8 Å². The van der Waals surface area contributed by atoms with Crippen molar-refractivity contribution < 1.29 is 29.2 Å². The first kappa shape index (κ1) is 16.2. The molecule has 6 nitrogen and oxygen atoms in total. The lowest BCUT2D eigenvalue weighted by Crippen LogP contribution is -2.39. The first-order chi connectivity index (χ1) is 10.8. The van der Waals surface area contributed by atoms with Crippen molar-refractivity contribution in [3.8, 4) is 0 Å². The molecule has 1 saturated heterocycles. The Morgan fingerprint density at radius 2 is 2.17 bits per heavy atom. The average Bonchev–Trinajstić information content (AvgIpc) is 2.92. The number of allylic oxidation sites excluding steroid dienone is 1. The second-order valence-corrected chi connectivity index (χ2v) is 6.92. The molecule has 0 bridgehead atoms. The third kappa shape index (κ3) is 2.40. The van der Waals surface area contributed by atoms with E-state index in [4.69, 9.17) is 14.4 Å². The molecule has 1 aliphatic heterocycles. The molecule has 0 aromatic rings. The van der Waals surface area contributed by atoms with Crippen molar-refractivity contribution in [2.45, 2.75) is 57.8 Å². The summed E-state index contributed by atoms with van der Waals surface area (Å²) >= 11 is 0. The van der Waals surface area contributed by atoms with E-state index in [9.17, 15) is 14.8 Å². The lowest BCUT2D eigenvalue weighted by Gasteiger charge is -2.31. The molecule has 5 unspecified atom stereocenters. The van der Waals surface area contributed by atoms with Crippen LogP contribution < -0.4 is 0 Å². The van der Waals surface area contributed by atoms with Crippen LogP contribution in [0.4, 0.5) is 0 Å². The molecule has 0 amide bonds. The minimum Gasteiger partial charge on any atom is -0.462 e. The lowest BCUT2D eigenvalue weighted by atomic mass is 9.82. The topological polar surface area (TPSA) is 82.1 Å². The van der Waals surface area contributed by atoms with E-state index in [0.717, 1.165) is 17.6 Å². The number of fused-ring (bicyclic) bond motifs is 2. The number of esters is 2.